The van der Waals surface area contributed by atoms with Gasteiger partial charge >= 0.3 is 0 Å². The molecule has 6 heteroatoms. The van der Waals surface area contributed by atoms with Crippen LogP contribution in [-0.4, -0.2) is 31.3 Å². The fourth-order valence-electron chi connectivity index (χ4n) is 2.84. The lowest BCUT2D eigenvalue weighted by atomic mass is 10.0. The highest BCUT2D eigenvalue weighted by atomic mass is 16.5. The molecule has 0 bridgehead atoms. The van der Waals surface area contributed by atoms with Crippen LogP contribution in [0.1, 0.15) is 23.4 Å². The summed E-state index contributed by atoms with van der Waals surface area (Å²) in [6.45, 7) is 2.76. The van der Waals surface area contributed by atoms with E-state index in [1.807, 2.05) is 25.1 Å². The second kappa shape index (κ2) is 6.83. The average molecular weight is 316 g/mol. The van der Waals surface area contributed by atoms with E-state index in [9.17, 15) is 4.79 Å². The van der Waals surface area contributed by atoms with Gasteiger partial charge in [0.2, 0.25) is 0 Å². The number of carbonyl (C=O) groups is 1. The molecule has 0 spiro atoms. The van der Waals surface area contributed by atoms with Crippen LogP contribution in [0.4, 0.5) is 5.69 Å². The van der Waals surface area contributed by atoms with Crippen LogP contribution in [0.2, 0.25) is 0 Å². The first-order valence-electron chi connectivity index (χ1n) is 7.65. The monoisotopic (exact) mass is 316 g/mol. The zero-order chi connectivity index (χ0) is 16.2. The quantitative estimate of drug-likeness (QED) is 0.848. The van der Waals surface area contributed by atoms with Crippen molar-refractivity contribution in [3.05, 3.63) is 41.3 Å². The van der Waals surface area contributed by atoms with Gasteiger partial charge in [-0.1, -0.05) is 17.3 Å². The van der Waals surface area contributed by atoms with Crippen LogP contribution >= 0.6 is 0 Å². The number of hydrogen-bond donors (Lipinski definition) is 0. The summed E-state index contributed by atoms with van der Waals surface area (Å²) in [5.74, 6) is 1.38. The second-order valence-corrected chi connectivity index (χ2v) is 5.54. The Bertz CT molecular complexity index is 681. The van der Waals surface area contributed by atoms with Crippen molar-refractivity contribution in [2.45, 2.75) is 26.4 Å². The van der Waals surface area contributed by atoms with Crippen LogP contribution in [0.3, 0.4) is 0 Å². The number of fused-ring (bicyclic) bond motifs is 1. The van der Waals surface area contributed by atoms with E-state index < -0.39 is 0 Å². The molecule has 3 rings (SSSR count). The maximum atomic E-state index is 12.5. The normalized spacial score (nSPS) is 13.7. The Morgan fingerprint density at radius 1 is 1.43 bits per heavy atom. The van der Waals surface area contributed by atoms with Gasteiger partial charge in [-0.05, 0) is 31.4 Å². The minimum absolute atomic E-state index is 0.00337. The van der Waals surface area contributed by atoms with Crippen molar-refractivity contribution in [1.29, 1.82) is 0 Å². The lowest BCUT2D eigenvalue weighted by Gasteiger charge is -2.30. The summed E-state index contributed by atoms with van der Waals surface area (Å²) in [6, 6.07) is 7.67. The Hall–Kier alpha value is -2.34. The van der Waals surface area contributed by atoms with Gasteiger partial charge in [-0.15, -0.1) is 0 Å². The van der Waals surface area contributed by atoms with E-state index in [0.29, 0.717) is 12.2 Å². The van der Waals surface area contributed by atoms with Crippen molar-refractivity contribution in [2.75, 3.05) is 25.2 Å². The number of hydrogen-bond acceptors (Lipinski definition) is 5. The molecule has 6 nitrogen and oxygen atoms in total. The zero-order valence-electron chi connectivity index (χ0n) is 13.4. The van der Waals surface area contributed by atoms with Gasteiger partial charge in [-0.2, -0.15) is 0 Å². The number of anilines is 1. The number of nitrogens with zero attached hydrogens (tertiary/aromatic N) is 2. The summed E-state index contributed by atoms with van der Waals surface area (Å²) < 4.78 is 15.9. The number of rotatable bonds is 5. The van der Waals surface area contributed by atoms with Gasteiger partial charge in [0.25, 0.3) is 5.91 Å². The third kappa shape index (κ3) is 3.37. The number of aromatic nitrogens is 1. The minimum Gasteiger partial charge on any atom is -0.495 e. The van der Waals surface area contributed by atoms with E-state index in [-0.39, 0.29) is 19.1 Å². The van der Waals surface area contributed by atoms with Crippen molar-refractivity contribution in [2.24, 2.45) is 0 Å². The third-order valence-corrected chi connectivity index (χ3v) is 3.85. The first kappa shape index (κ1) is 15.6. The lowest BCUT2D eigenvalue weighted by Crippen LogP contribution is -2.38. The zero-order valence-corrected chi connectivity index (χ0v) is 13.4. The molecule has 1 aliphatic heterocycles. The number of aryl methyl sites for hydroxylation is 2. The molecular formula is C17H20N2O4. The van der Waals surface area contributed by atoms with Gasteiger partial charge in [0, 0.05) is 12.6 Å². The van der Waals surface area contributed by atoms with Gasteiger partial charge in [0.05, 0.1) is 19.4 Å². The predicted octanol–water partition coefficient (Wildman–Crippen LogP) is 2.49. The Balaban J connectivity index is 1.67. The van der Waals surface area contributed by atoms with Gasteiger partial charge in [-0.3, -0.25) is 4.79 Å². The van der Waals surface area contributed by atoms with E-state index >= 15 is 0 Å². The van der Waals surface area contributed by atoms with Crippen LogP contribution in [0.15, 0.2) is 28.8 Å². The molecule has 2 heterocycles. The fraction of sp³-hybridized carbons (Fsp3) is 0.412. The van der Waals surface area contributed by atoms with E-state index in [0.717, 1.165) is 35.6 Å². The molecule has 122 valence electrons. The van der Waals surface area contributed by atoms with E-state index in [2.05, 4.69) is 5.16 Å². The average Bonchev–Trinajstić information content (AvgIpc) is 2.98. The Morgan fingerprint density at radius 3 is 3.04 bits per heavy atom. The molecule has 0 atom stereocenters. The Labute approximate surface area is 135 Å². The van der Waals surface area contributed by atoms with Crippen molar-refractivity contribution >= 4 is 11.6 Å². The molecule has 0 fully saturated rings. The molecule has 1 aromatic heterocycles. The molecule has 0 saturated carbocycles. The SMILES string of the molecule is COc1cccc2c1N(C(=O)COCc1cc(C)on1)CCC2. The predicted molar refractivity (Wildman–Crippen MR) is 84.6 cm³/mol. The highest BCUT2D eigenvalue weighted by Crippen LogP contribution is 2.36. The molecule has 23 heavy (non-hydrogen) atoms. The van der Waals surface area contributed by atoms with Crippen LogP contribution in [0.25, 0.3) is 0 Å². The molecule has 2 aromatic rings. The molecule has 0 saturated heterocycles. The number of carbonyl (C=O) groups excluding carboxylic acids is 1. The highest BCUT2D eigenvalue weighted by Gasteiger charge is 2.25. The van der Waals surface area contributed by atoms with Crippen LogP contribution in [0.5, 0.6) is 5.75 Å². The number of benzene rings is 1. The standard InChI is InChI=1S/C17H20N2O4/c1-12-9-14(18-23-12)10-22-11-16(20)19-8-4-6-13-5-3-7-15(21-2)17(13)19/h3,5,7,9H,4,6,8,10-11H2,1-2H3. The van der Waals surface area contributed by atoms with Gasteiger partial charge in [0.15, 0.2) is 0 Å². The fourth-order valence-corrected chi connectivity index (χ4v) is 2.84. The highest BCUT2D eigenvalue weighted by molar-refractivity contribution is 5.97. The summed E-state index contributed by atoms with van der Waals surface area (Å²) in [6.07, 6.45) is 1.89. The summed E-state index contributed by atoms with van der Waals surface area (Å²) in [7, 11) is 1.62. The number of ether oxygens (including phenoxy) is 2. The van der Waals surface area contributed by atoms with Crippen LogP contribution < -0.4 is 9.64 Å². The summed E-state index contributed by atoms with van der Waals surface area (Å²) >= 11 is 0. The van der Waals surface area contributed by atoms with Crippen LogP contribution in [0, 0.1) is 6.92 Å². The largest absolute Gasteiger partial charge is 0.495 e. The van der Waals surface area contributed by atoms with Crippen molar-refractivity contribution in [1.82, 2.24) is 5.16 Å². The van der Waals surface area contributed by atoms with E-state index in [1.165, 1.54) is 0 Å². The number of amides is 1. The Morgan fingerprint density at radius 2 is 2.30 bits per heavy atom. The number of para-hydroxylation sites is 1. The van der Waals surface area contributed by atoms with E-state index in [1.54, 1.807) is 18.1 Å². The van der Waals surface area contributed by atoms with Gasteiger partial charge < -0.3 is 18.9 Å². The molecule has 0 unspecified atom stereocenters. The topological polar surface area (TPSA) is 64.8 Å². The van der Waals surface area contributed by atoms with Crippen molar-refractivity contribution < 1.29 is 18.8 Å². The van der Waals surface area contributed by atoms with Crippen molar-refractivity contribution in [3.8, 4) is 5.75 Å². The van der Waals surface area contributed by atoms with Gasteiger partial charge in [-0.25, -0.2) is 0 Å². The Kier molecular flexibility index (Phi) is 4.62. The molecule has 1 aromatic carbocycles. The number of methoxy groups -OCH3 is 1. The smallest absolute Gasteiger partial charge is 0.253 e. The summed E-state index contributed by atoms with van der Waals surface area (Å²) in [4.78, 5) is 14.3. The maximum Gasteiger partial charge on any atom is 0.253 e. The molecule has 0 aliphatic carbocycles. The molecular weight excluding hydrogens is 296 g/mol. The molecule has 0 N–H and O–H groups in total. The first-order chi connectivity index (χ1) is 11.2. The minimum atomic E-state index is -0.0735. The first-order valence-corrected chi connectivity index (χ1v) is 7.65. The molecule has 1 aliphatic rings. The molecule has 1 amide bonds. The maximum absolute atomic E-state index is 12.5. The molecule has 0 radical (unpaired) electrons. The summed E-state index contributed by atoms with van der Waals surface area (Å²) in [5, 5.41) is 3.84. The van der Waals surface area contributed by atoms with Crippen LogP contribution in [-0.2, 0) is 22.6 Å². The second-order valence-electron chi connectivity index (χ2n) is 5.54. The third-order valence-electron chi connectivity index (χ3n) is 3.85. The lowest BCUT2D eigenvalue weighted by molar-refractivity contribution is -0.123. The summed E-state index contributed by atoms with van der Waals surface area (Å²) in [5.41, 5.74) is 2.69. The van der Waals surface area contributed by atoms with E-state index in [4.69, 9.17) is 14.0 Å². The van der Waals surface area contributed by atoms with Gasteiger partial charge in [0.1, 0.15) is 23.8 Å². The van der Waals surface area contributed by atoms with Crippen molar-refractivity contribution in [3.63, 3.8) is 0 Å².